The van der Waals surface area contributed by atoms with Crippen LogP contribution in [0.5, 0.6) is 0 Å². The van der Waals surface area contributed by atoms with Crippen LogP contribution in [0, 0.1) is 6.92 Å². The Morgan fingerprint density at radius 2 is 1.36 bits per heavy atom. The Balaban J connectivity index is 1.86. The van der Waals surface area contributed by atoms with Gasteiger partial charge in [0, 0.05) is 11.6 Å². The average molecular weight is 285 g/mol. The van der Waals surface area contributed by atoms with E-state index in [1.165, 1.54) is 27.9 Å². The SMILES string of the molecule is Cc1ccc2c(c1)[C@H](c1ccccc1)[C@@H](c1ccccc1)N2. The zero-order valence-electron chi connectivity index (χ0n) is 12.7. The molecular formula is C21H19N. The third-order valence-electron chi connectivity index (χ3n) is 4.50. The Bertz CT molecular complexity index is 778. The molecule has 2 atom stereocenters. The summed E-state index contributed by atoms with van der Waals surface area (Å²) in [4.78, 5) is 0. The Morgan fingerprint density at radius 3 is 2.05 bits per heavy atom. The highest BCUT2D eigenvalue weighted by atomic mass is 15.0. The van der Waals surface area contributed by atoms with Crippen molar-refractivity contribution in [1.82, 2.24) is 0 Å². The molecule has 1 nitrogen and oxygen atoms in total. The summed E-state index contributed by atoms with van der Waals surface area (Å²) in [6, 6.07) is 28.6. The number of fused-ring (bicyclic) bond motifs is 1. The van der Waals surface area contributed by atoms with Gasteiger partial charge in [-0.1, -0.05) is 78.4 Å². The third kappa shape index (κ3) is 2.19. The molecule has 3 aromatic carbocycles. The van der Waals surface area contributed by atoms with E-state index in [-0.39, 0.29) is 0 Å². The largest absolute Gasteiger partial charge is 0.377 e. The molecule has 22 heavy (non-hydrogen) atoms. The lowest BCUT2D eigenvalue weighted by atomic mass is 9.84. The van der Waals surface area contributed by atoms with Crippen LogP contribution in [-0.4, -0.2) is 0 Å². The second-order valence-electron chi connectivity index (χ2n) is 6.01. The lowest BCUT2D eigenvalue weighted by Crippen LogP contribution is -2.12. The number of anilines is 1. The van der Waals surface area contributed by atoms with Crippen molar-refractivity contribution < 1.29 is 0 Å². The second-order valence-corrected chi connectivity index (χ2v) is 6.01. The topological polar surface area (TPSA) is 12.0 Å². The molecule has 0 aliphatic carbocycles. The zero-order valence-corrected chi connectivity index (χ0v) is 12.7. The van der Waals surface area contributed by atoms with E-state index in [1.54, 1.807) is 0 Å². The fraction of sp³-hybridized carbons (Fsp3) is 0.143. The van der Waals surface area contributed by atoms with Crippen molar-refractivity contribution in [1.29, 1.82) is 0 Å². The van der Waals surface area contributed by atoms with Gasteiger partial charge in [0.05, 0.1) is 6.04 Å². The second kappa shape index (κ2) is 5.34. The standard InChI is InChI=1S/C21H19N/c1-15-12-13-19-18(14-15)20(16-8-4-2-5-9-16)21(22-19)17-10-6-3-7-11-17/h2-14,20-22H,1H3/t20-,21+/m0/s1. The summed E-state index contributed by atoms with van der Waals surface area (Å²) in [7, 11) is 0. The Hall–Kier alpha value is -2.54. The van der Waals surface area contributed by atoms with Gasteiger partial charge in [-0.05, 0) is 29.7 Å². The molecule has 1 heteroatoms. The number of nitrogens with one attached hydrogen (secondary N) is 1. The average Bonchev–Trinajstić information content (AvgIpc) is 2.95. The fourth-order valence-electron chi connectivity index (χ4n) is 3.47. The van der Waals surface area contributed by atoms with Crippen LogP contribution in [-0.2, 0) is 0 Å². The molecule has 0 radical (unpaired) electrons. The summed E-state index contributed by atoms with van der Waals surface area (Å²) in [6.45, 7) is 2.16. The number of benzene rings is 3. The molecule has 0 fully saturated rings. The van der Waals surface area contributed by atoms with Crippen LogP contribution in [0.25, 0.3) is 0 Å². The fourth-order valence-corrected chi connectivity index (χ4v) is 3.47. The van der Waals surface area contributed by atoms with Crippen molar-refractivity contribution in [3.8, 4) is 0 Å². The van der Waals surface area contributed by atoms with Gasteiger partial charge in [-0.2, -0.15) is 0 Å². The van der Waals surface area contributed by atoms with Crippen LogP contribution in [0.15, 0.2) is 78.9 Å². The highest BCUT2D eigenvalue weighted by Gasteiger charge is 2.34. The van der Waals surface area contributed by atoms with Crippen molar-refractivity contribution in [2.45, 2.75) is 18.9 Å². The molecule has 1 aliphatic heterocycles. The summed E-state index contributed by atoms with van der Waals surface area (Å²) in [5, 5.41) is 3.73. The van der Waals surface area contributed by atoms with E-state index in [4.69, 9.17) is 0 Å². The molecule has 0 saturated heterocycles. The van der Waals surface area contributed by atoms with E-state index >= 15 is 0 Å². The highest BCUT2D eigenvalue weighted by molar-refractivity contribution is 5.64. The van der Waals surface area contributed by atoms with Crippen LogP contribution in [0.4, 0.5) is 5.69 Å². The summed E-state index contributed by atoms with van der Waals surface area (Å²) < 4.78 is 0. The summed E-state index contributed by atoms with van der Waals surface area (Å²) in [5.74, 6) is 0.360. The van der Waals surface area contributed by atoms with Gasteiger partial charge in [0.15, 0.2) is 0 Å². The van der Waals surface area contributed by atoms with Crippen LogP contribution < -0.4 is 5.32 Å². The minimum absolute atomic E-state index is 0.292. The first-order chi connectivity index (χ1) is 10.8. The van der Waals surface area contributed by atoms with E-state index in [0.717, 1.165) is 0 Å². The van der Waals surface area contributed by atoms with E-state index < -0.39 is 0 Å². The molecule has 108 valence electrons. The number of hydrogen-bond donors (Lipinski definition) is 1. The minimum Gasteiger partial charge on any atom is -0.377 e. The van der Waals surface area contributed by atoms with Gasteiger partial charge in [0.1, 0.15) is 0 Å². The minimum atomic E-state index is 0.292. The van der Waals surface area contributed by atoms with E-state index in [2.05, 4.69) is 91.1 Å². The number of aryl methyl sites for hydroxylation is 1. The van der Waals surface area contributed by atoms with Crippen molar-refractivity contribution >= 4 is 5.69 Å². The van der Waals surface area contributed by atoms with Gasteiger partial charge in [0.2, 0.25) is 0 Å². The van der Waals surface area contributed by atoms with Gasteiger partial charge in [-0.3, -0.25) is 0 Å². The molecular weight excluding hydrogens is 266 g/mol. The molecule has 0 unspecified atom stereocenters. The molecule has 1 N–H and O–H groups in total. The Labute approximate surface area is 131 Å². The highest BCUT2D eigenvalue weighted by Crippen LogP contribution is 2.47. The maximum Gasteiger partial charge on any atom is 0.0623 e. The first-order valence-electron chi connectivity index (χ1n) is 7.80. The van der Waals surface area contributed by atoms with Gasteiger partial charge in [-0.25, -0.2) is 0 Å². The molecule has 0 saturated carbocycles. The van der Waals surface area contributed by atoms with Crippen molar-refractivity contribution in [3.05, 3.63) is 101 Å². The molecule has 0 bridgehead atoms. The number of rotatable bonds is 2. The molecule has 1 aliphatic rings. The monoisotopic (exact) mass is 285 g/mol. The number of hydrogen-bond acceptors (Lipinski definition) is 1. The van der Waals surface area contributed by atoms with E-state index in [0.29, 0.717) is 12.0 Å². The van der Waals surface area contributed by atoms with Crippen LogP contribution in [0.2, 0.25) is 0 Å². The molecule has 4 rings (SSSR count). The van der Waals surface area contributed by atoms with Gasteiger partial charge in [0.25, 0.3) is 0 Å². The van der Waals surface area contributed by atoms with E-state index in [9.17, 15) is 0 Å². The predicted molar refractivity (Wildman–Crippen MR) is 92.3 cm³/mol. The first kappa shape index (κ1) is 13.1. The smallest absolute Gasteiger partial charge is 0.0623 e. The van der Waals surface area contributed by atoms with Crippen LogP contribution in [0.1, 0.15) is 34.2 Å². The molecule has 0 amide bonds. The summed E-state index contributed by atoms with van der Waals surface area (Å²) in [5.41, 5.74) is 6.68. The van der Waals surface area contributed by atoms with Gasteiger partial charge < -0.3 is 5.32 Å². The van der Waals surface area contributed by atoms with Crippen molar-refractivity contribution in [2.75, 3.05) is 5.32 Å². The van der Waals surface area contributed by atoms with Crippen LogP contribution >= 0.6 is 0 Å². The van der Waals surface area contributed by atoms with Gasteiger partial charge >= 0.3 is 0 Å². The molecule has 3 aromatic rings. The first-order valence-corrected chi connectivity index (χ1v) is 7.80. The summed E-state index contributed by atoms with van der Waals surface area (Å²) >= 11 is 0. The lowest BCUT2D eigenvalue weighted by molar-refractivity contribution is 0.713. The van der Waals surface area contributed by atoms with Crippen LogP contribution in [0.3, 0.4) is 0 Å². The molecule has 0 spiro atoms. The normalized spacial score (nSPS) is 19.5. The van der Waals surface area contributed by atoms with Gasteiger partial charge in [-0.15, -0.1) is 0 Å². The molecule has 0 aromatic heterocycles. The quantitative estimate of drug-likeness (QED) is 0.674. The van der Waals surface area contributed by atoms with E-state index in [1.807, 2.05) is 0 Å². The Morgan fingerprint density at radius 1 is 0.727 bits per heavy atom. The van der Waals surface area contributed by atoms with Crippen molar-refractivity contribution in [2.24, 2.45) is 0 Å². The third-order valence-corrected chi connectivity index (χ3v) is 4.50. The predicted octanol–water partition coefficient (Wildman–Crippen LogP) is 5.29. The molecule has 1 heterocycles. The Kier molecular flexibility index (Phi) is 3.19. The maximum atomic E-state index is 3.73. The summed E-state index contributed by atoms with van der Waals surface area (Å²) in [6.07, 6.45) is 0. The van der Waals surface area contributed by atoms with Crippen molar-refractivity contribution in [3.63, 3.8) is 0 Å². The maximum absolute atomic E-state index is 3.73. The zero-order chi connectivity index (χ0) is 14.9. The lowest BCUT2D eigenvalue weighted by Gasteiger charge is -2.21.